The standard InChI is InChI=1S/C55H36N2/c1-3-11-36(12-4-1)37-19-25-45(26-20-37)57-54-29-22-39(38-21-27-47-43(31-38)32-42-13-7-8-16-46(42)47)34-50(54)51-35-41(24-30-55(51)57)40-23-28-53-49(33-40)48-17-9-10-18-52(48)56(53)44-14-5-2-6-15-44/h1-31,33-35H,32H2. The molecule has 0 fully saturated rings. The number of hydrogen-bond donors (Lipinski definition) is 0. The summed E-state index contributed by atoms with van der Waals surface area (Å²) in [7, 11) is 0. The Morgan fingerprint density at radius 2 is 0.702 bits per heavy atom. The zero-order valence-electron chi connectivity index (χ0n) is 31.2. The van der Waals surface area contributed by atoms with Crippen LogP contribution in [0.15, 0.2) is 206 Å². The van der Waals surface area contributed by atoms with Crippen LogP contribution < -0.4 is 0 Å². The highest BCUT2D eigenvalue weighted by atomic mass is 15.0. The first kappa shape index (κ1) is 31.9. The van der Waals surface area contributed by atoms with E-state index in [9.17, 15) is 0 Å². The summed E-state index contributed by atoms with van der Waals surface area (Å²) in [5.41, 5.74) is 20.1. The third kappa shape index (κ3) is 5.04. The van der Waals surface area contributed by atoms with Gasteiger partial charge in [-0.3, -0.25) is 0 Å². The van der Waals surface area contributed by atoms with Gasteiger partial charge in [-0.1, -0.05) is 140 Å². The Morgan fingerprint density at radius 3 is 1.37 bits per heavy atom. The van der Waals surface area contributed by atoms with Crippen LogP contribution in [0, 0.1) is 0 Å². The van der Waals surface area contributed by atoms with Crippen molar-refractivity contribution in [3.8, 4) is 55.9 Å². The molecule has 0 amide bonds. The van der Waals surface area contributed by atoms with E-state index in [4.69, 9.17) is 0 Å². The lowest BCUT2D eigenvalue weighted by Crippen LogP contribution is -1.94. The quantitative estimate of drug-likeness (QED) is 0.167. The van der Waals surface area contributed by atoms with E-state index in [0.29, 0.717) is 0 Å². The van der Waals surface area contributed by atoms with Crippen molar-refractivity contribution in [1.82, 2.24) is 9.13 Å². The molecule has 0 unspecified atom stereocenters. The molecule has 12 rings (SSSR count). The predicted molar refractivity (Wildman–Crippen MR) is 240 cm³/mol. The van der Waals surface area contributed by atoms with Gasteiger partial charge in [-0.25, -0.2) is 0 Å². The number of fused-ring (bicyclic) bond motifs is 9. The van der Waals surface area contributed by atoms with Gasteiger partial charge >= 0.3 is 0 Å². The average Bonchev–Trinajstić information content (AvgIpc) is 3.93. The number of benzene rings is 9. The molecule has 0 saturated carbocycles. The van der Waals surface area contributed by atoms with E-state index >= 15 is 0 Å². The van der Waals surface area contributed by atoms with E-state index in [1.807, 2.05) is 0 Å². The fourth-order valence-corrected chi connectivity index (χ4v) is 9.43. The number of hydrogen-bond acceptors (Lipinski definition) is 0. The van der Waals surface area contributed by atoms with E-state index < -0.39 is 0 Å². The van der Waals surface area contributed by atoms with Gasteiger partial charge in [0.2, 0.25) is 0 Å². The first-order chi connectivity index (χ1) is 28.2. The van der Waals surface area contributed by atoms with Gasteiger partial charge in [0.15, 0.2) is 0 Å². The molecule has 0 saturated heterocycles. The Hall–Kier alpha value is -7.42. The largest absolute Gasteiger partial charge is 0.309 e. The summed E-state index contributed by atoms with van der Waals surface area (Å²) in [6.07, 6.45) is 0.984. The molecule has 0 spiro atoms. The molecule has 0 aliphatic heterocycles. The monoisotopic (exact) mass is 724 g/mol. The fourth-order valence-electron chi connectivity index (χ4n) is 9.43. The SMILES string of the molecule is c1ccc(-c2ccc(-n3c4ccc(-c5ccc6c(c5)Cc5ccccc5-6)cc4c4cc(-c5ccc6c(c5)c5ccccc5n6-c5ccccc5)ccc43)cc2)cc1. The fraction of sp³-hybridized carbons (Fsp3) is 0.0182. The van der Waals surface area contributed by atoms with Crippen LogP contribution in [-0.4, -0.2) is 9.13 Å². The Kier molecular flexibility index (Phi) is 7.02. The smallest absolute Gasteiger partial charge is 0.0541 e. The molecular weight excluding hydrogens is 689 g/mol. The first-order valence-electron chi connectivity index (χ1n) is 19.8. The van der Waals surface area contributed by atoms with Crippen molar-refractivity contribution in [2.24, 2.45) is 0 Å². The van der Waals surface area contributed by atoms with Crippen molar-refractivity contribution >= 4 is 43.6 Å². The lowest BCUT2D eigenvalue weighted by atomic mass is 9.97. The maximum atomic E-state index is 2.43. The van der Waals surface area contributed by atoms with Gasteiger partial charge in [-0.05, 0) is 129 Å². The highest BCUT2D eigenvalue weighted by Crippen LogP contribution is 2.42. The number of para-hydroxylation sites is 2. The maximum Gasteiger partial charge on any atom is 0.0541 e. The molecule has 11 aromatic rings. The molecule has 1 aliphatic rings. The van der Waals surface area contributed by atoms with E-state index in [0.717, 1.165) is 12.1 Å². The highest BCUT2D eigenvalue weighted by Gasteiger charge is 2.20. The molecule has 266 valence electrons. The minimum Gasteiger partial charge on any atom is -0.309 e. The van der Waals surface area contributed by atoms with Crippen molar-refractivity contribution in [3.05, 3.63) is 217 Å². The molecule has 9 aromatic carbocycles. The summed E-state index contributed by atoms with van der Waals surface area (Å²) >= 11 is 0. The van der Waals surface area contributed by atoms with E-state index in [-0.39, 0.29) is 0 Å². The van der Waals surface area contributed by atoms with Crippen LogP contribution in [-0.2, 0) is 6.42 Å². The van der Waals surface area contributed by atoms with Crippen molar-refractivity contribution in [2.75, 3.05) is 0 Å². The highest BCUT2D eigenvalue weighted by molar-refractivity contribution is 6.13. The molecule has 0 atom stereocenters. The lowest BCUT2D eigenvalue weighted by molar-refractivity contribution is 1.18. The molecule has 2 nitrogen and oxygen atoms in total. The second-order valence-corrected chi connectivity index (χ2v) is 15.3. The van der Waals surface area contributed by atoms with Crippen molar-refractivity contribution in [1.29, 1.82) is 0 Å². The topological polar surface area (TPSA) is 9.86 Å². The molecule has 2 heteroatoms. The van der Waals surface area contributed by atoms with E-state index in [1.54, 1.807) is 0 Å². The molecule has 0 radical (unpaired) electrons. The summed E-state index contributed by atoms with van der Waals surface area (Å²) < 4.78 is 4.82. The van der Waals surface area contributed by atoms with Gasteiger partial charge < -0.3 is 9.13 Å². The van der Waals surface area contributed by atoms with Gasteiger partial charge in [0.05, 0.1) is 22.1 Å². The number of nitrogens with zero attached hydrogens (tertiary/aromatic N) is 2. The van der Waals surface area contributed by atoms with Gasteiger partial charge in [-0.2, -0.15) is 0 Å². The van der Waals surface area contributed by atoms with Crippen LogP contribution in [0.1, 0.15) is 11.1 Å². The molecule has 0 N–H and O–H groups in total. The Morgan fingerprint density at radius 1 is 0.263 bits per heavy atom. The van der Waals surface area contributed by atoms with Gasteiger partial charge in [0, 0.05) is 32.9 Å². The van der Waals surface area contributed by atoms with Crippen LogP contribution >= 0.6 is 0 Å². The first-order valence-corrected chi connectivity index (χ1v) is 19.8. The normalized spacial score (nSPS) is 12.1. The maximum absolute atomic E-state index is 2.43. The molecule has 2 heterocycles. The average molecular weight is 725 g/mol. The second kappa shape index (κ2) is 12.6. The minimum atomic E-state index is 0.984. The zero-order valence-corrected chi connectivity index (χ0v) is 31.2. The summed E-state index contributed by atoms with van der Waals surface area (Å²) in [6, 6.07) is 76.0. The Bertz CT molecular complexity index is 3350. The Balaban J connectivity index is 1.03. The zero-order chi connectivity index (χ0) is 37.5. The minimum absolute atomic E-state index is 0.984. The lowest BCUT2D eigenvalue weighted by Gasteiger charge is -2.11. The van der Waals surface area contributed by atoms with Crippen LogP contribution in [0.4, 0.5) is 0 Å². The second-order valence-electron chi connectivity index (χ2n) is 15.3. The van der Waals surface area contributed by atoms with Crippen molar-refractivity contribution in [3.63, 3.8) is 0 Å². The van der Waals surface area contributed by atoms with Crippen LogP contribution in [0.2, 0.25) is 0 Å². The van der Waals surface area contributed by atoms with Crippen LogP contribution in [0.3, 0.4) is 0 Å². The van der Waals surface area contributed by atoms with Gasteiger partial charge in [0.25, 0.3) is 0 Å². The van der Waals surface area contributed by atoms with Crippen LogP contribution in [0.25, 0.3) is 99.5 Å². The van der Waals surface area contributed by atoms with Gasteiger partial charge in [0.1, 0.15) is 0 Å². The molecular formula is C55H36N2. The predicted octanol–water partition coefficient (Wildman–Crippen LogP) is 14.5. The number of aromatic nitrogens is 2. The molecule has 1 aliphatic carbocycles. The van der Waals surface area contributed by atoms with E-state index in [2.05, 4.69) is 215 Å². The summed E-state index contributed by atoms with van der Waals surface area (Å²) in [5.74, 6) is 0. The van der Waals surface area contributed by atoms with E-state index in [1.165, 1.54) is 105 Å². The van der Waals surface area contributed by atoms with Crippen molar-refractivity contribution < 1.29 is 0 Å². The Labute approximate surface area is 331 Å². The summed E-state index contributed by atoms with van der Waals surface area (Å²) in [5, 5.41) is 5.02. The third-order valence-corrected chi connectivity index (χ3v) is 12.1. The summed E-state index contributed by atoms with van der Waals surface area (Å²) in [6.45, 7) is 0. The summed E-state index contributed by atoms with van der Waals surface area (Å²) in [4.78, 5) is 0. The van der Waals surface area contributed by atoms with Gasteiger partial charge in [-0.15, -0.1) is 0 Å². The number of rotatable bonds is 5. The molecule has 2 aromatic heterocycles. The molecule has 0 bridgehead atoms. The molecule has 57 heavy (non-hydrogen) atoms. The van der Waals surface area contributed by atoms with Crippen LogP contribution in [0.5, 0.6) is 0 Å². The van der Waals surface area contributed by atoms with Crippen molar-refractivity contribution in [2.45, 2.75) is 6.42 Å². The third-order valence-electron chi connectivity index (χ3n) is 12.1.